The molecule has 1 aliphatic heterocycles. The fourth-order valence-corrected chi connectivity index (χ4v) is 1.90. The van der Waals surface area contributed by atoms with E-state index in [1.54, 1.807) is 6.07 Å². The summed E-state index contributed by atoms with van der Waals surface area (Å²) in [6.45, 7) is -0.249. The summed E-state index contributed by atoms with van der Waals surface area (Å²) in [5.74, 6) is -0.379. The third-order valence-electron chi connectivity index (χ3n) is 2.04. The first kappa shape index (κ1) is 10.7. The Hall–Kier alpha value is -0.850. The zero-order valence-corrected chi connectivity index (χ0v) is 8.97. The van der Waals surface area contributed by atoms with Crippen molar-refractivity contribution in [1.82, 2.24) is 15.7 Å². The zero-order valence-electron chi connectivity index (χ0n) is 7.46. The fourth-order valence-electron chi connectivity index (χ4n) is 1.35. The van der Waals surface area contributed by atoms with Crippen molar-refractivity contribution in [3.05, 3.63) is 33.5 Å². The van der Waals surface area contributed by atoms with E-state index in [4.69, 9.17) is 23.2 Å². The van der Waals surface area contributed by atoms with Crippen molar-refractivity contribution in [2.24, 2.45) is 0 Å². The van der Waals surface area contributed by atoms with Gasteiger partial charge in [-0.05, 0) is 12.1 Å². The monoisotopic (exact) mass is 247 g/mol. The van der Waals surface area contributed by atoms with Crippen molar-refractivity contribution in [3.8, 4) is 0 Å². The second-order valence-corrected chi connectivity index (χ2v) is 4.00. The first-order valence-corrected chi connectivity index (χ1v) is 4.88. The molecule has 0 radical (unpaired) electrons. The summed E-state index contributed by atoms with van der Waals surface area (Å²) in [6, 6.07) is 4.50. The molecule has 1 unspecified atom stereocenters. The van der Waals surface area contributed by atoms with Crippen LogP contribution in [0.25, 0.3) is 0 Å². The van der Waals surface area contributed by atoms with Crippen molar-refractivity contribution in [1.29, 1.82) is 0 Å². The molecule has 1 heterocycles. The molecule has 2 rings (SSSR count). The fraction of sp³-hybridized carbons (Fsp3) is 0.125. The molecule has 1 saturated heterocycles. The number of hydrazine groups is 1. The molecule has 0 spiro atoms. The van der Waals surface area contributed by atoms with Crippen molar-refractivity contribution in [2.75, 3.05) is 6.54 Å². The molecule has 80 valence electrons. The lowest BCUT2D eigenvalue weighted by atomic mass is 10.3. The summed E-state index contributed by atoms with van der Waals surface area (Å²) in [6.07, 6.45) is 0. The van der Waals surface area contributed by atoms with Gasteiger partial charge in [0.05, 0.1) is 0 Å². The molecule has 1 aromatic rings. The van der Waals surface area contributed by atoms with Gasteiger partial charge in [-0.3, -0.25) is 4.79 Å². The van der Waals surface area contributed by atoms with Crippen LogP contribution in [0.1, 0.15) is 0 Å². The van der Waals surface area contributed by atoms with Gasteiger partial charge in [-0.15, -0.1) is 0 Å². The lowest BCUT2D eigenvalue weighted by molar-refractivity contribution is -0.118. The Labute approximate surface area is 95.7 Å². The van der Waals surface area contributed by atoms with Crippen LogP contribution in [0.3, 0.4) is 0 Å². The molecule has 5 nitrogen and oxygen atoms in total. The van der Waals surface area contributed by atoms with E-state index in [0.29, 0.717) is 5.02 Å². The van der Waals surface area contributed by atoms with Crippen molar-refractivity contribution in [2.45, 2.75) is 0 Å². The topological polar surface area (TPSA) is 64.2 Å². The van der Waals surface area contributed by atoms with Crippen molar-refractivity contribution >= 4 is 34.8 Å². The summed E-state index contributed by atoms with van der Waals surface area (Å²) in [7, 11) is 0. The number of benzene rings is 1. The van der Waals surface area contributed by atoms with Crippen LogP contribution in [-0.4, -0.2) is 12.5 Å². The van der Waals surface area contributed by atoms with E-state index in [0.717, 1.165) is 0 Å². The summed E-state index contributed by atoms with van der Waals surface area (Å²) < 4.78 is -1.02. The number of nitrogens with zero attached hydrogens (tertiary/aromatic N) is 1. The summed E-state index contributed by atoms with van der Waals surface area (Å²) >= 11 is 11.6. The van der Waals surface area contributed by atoms with E-state index in [1.165, 1.54) is 12.1 Å². The van der Waals surface area contributed by atoms with Crippen LogP contribution in [0.5, 0.6) is 0 Å². The largest absolute Gasteiger partial charge is 0.605 e. The second-order valence-electron chi connectivity index (χ2n) is 3.15. The van der Waals surface area contributed by atoms with Gasteiger partial charge >= 0.3 is 0 Å². The van der Waals surface area contributed by atoms with Crippen LogP contribution in [0.15, 0.2) is 18.2 Å². The standard InChI is InChI=1S/C8H7Cl2N3O2/c9-5-1-2-7(6(10)3-5)13(15)4-8(14)11-12-13/h1-3,12H,4H2,(H,11,14). The second kappa shape index (κ2) is 3.62. The summed E-state index contributed by atoms with van der Waals surface area (Å²) in [4.78, 5) is 11.0. The molecule has 2 N–H and O–H groups in total. The van der Waals surface area contributed by atoms with Gasteiger partial charge in [-0.2, -0.15) is 0 Å². The van der Waals surface area contributed by atoms with Crippen LogP contribution in [0.4, 0.5) is 5.69 Å². The Morgan fingerprint density at radius 2 is 2.13 bits per heavy atom. The third kappa shape index (κ3) is 1.92. The number of carbonyl (C=O) groups excluding carboxylic acids is 1. The first-order chi connectivity index (χ1) is 7.01. The lowest BCUT2D eigenvalue weighted by Gasteiger charge is -2.34. The van der Waals surface area contributed by atoms with Gasteiger partial charge in [0.15, 0.2) is 12.2 Å². The smallest absolute Gasteiger partial charge is 0.295 e. The molecule has 0 aliphatic carbocycles. The van der Waals surface area contributed by atoms with E-state index < -0.39 is 4.76 Å². The number of quaternary nitrogens is 1. The van der Waals surface area contributed by atoms with Gasteiger partial charge in [0.2, 0.25) is 0 Å². The minimum absolute atomic E-state index is 0.224. The minimum atomic E-state index is -1.02. The summed E-state index contributed by atoms with van der Waals surface area (Å²) in [5, 5.41) is 12.7. The predicted octanol–water partition coefficient (Wildman–Crippen LogP) is 1.35. The Balaban J connectivity index is 2.41. The number of hydrogen-bond acceptors (Lipinski definition) is 3. The molecule has 0 bridgehead atoms. The van der Waals surface area contributed by atoms with Gasteiger partial charge in [-0.1, -0.05) is 28.7 Å². The van der Waals surface area contributed by atoms with Crippen molar-refractivity contribution < 1.29 is 4.79 Å². The number of nitrogens with one attached hydrogen (secondary N) is 2. The highest BCUT2D eigenvalue weighted by Crippen LogP contribution is 2.32. The Bertz CT molecular complexity index is 426. The Morgan fingerprint density at radius 3 is 2.67 bits per heavy atom. The number of hydroxylamine groups is 1. The van der Waals surface area contributed by atoms with E-state index >= 15 is 0 Å². The molecule has 1 atom stereocenters. The van der Waals surface area contributed by atoms with Gasteiger partial charge in [0, 0.05) is 11.1 Å². The normalized spacial score (nSPS) is 25.4. The molecule has 1 aromatic carbocycles. The molecule has 0 saturated carbocycles. The van der Waals surface area contributed by atoms with Gasteiger partial charge in [-0.25, -0.2) is 10.2 Å². The highest BCUT2D eigenvalue weighted by atomic mass is 35.5. The highest BCUT2D eigenvalue weighted by molar-refractivity contribution is 6.36. The third-order valence-corrected chi connectivity index (χ3v) is 2.58. The number of amides is 1. The van der Waals surface area contributed by atoms with Crippen LogP contribution in [-0.2, 0) is 4.79 Å². The number of carbonyl (C=O) groups is 1. The van der Waals surface area contributed by atoms with Crippen LogP contribution in [0.2, 0.25) is 10.0 Å². The van der Waals surface area contributed by atoms with E-state index in [-0.39, 0.29) is 23.2 Å². The van der Waals surface area contributed by atoms with Gasteiger partial charge < -0.3 is 5.21 Å². The van der Waals surface area contributed by atoms with Crippen LogP contribution < -0.4 is 15.7 Å². The molecule has 1 fully saturated rings. The predicted molar refractivity (Wildman–Crippen MR) is 57.8 cm³/mol. The molecule has 7 heteroatoms. The first-order valence-electron chi connectivity index (χ1n) is 4.12. The van der Waals surface area contributed by atoms with Gasteiger partial charge in [0.1, 0.15) is 5.02 Å². The SMILES string of the molecule is O=C1C[N+]([O-])(c2ccc(Cl)cc2Cl)NN1. The van der Waals surface area contributed by atoms with E-state index in [2.05, 4.69) is 11.0 Å². The number of rotatable bonds is 1. The maximum absolute atomic E-state index is 12.1. The maximum Gasteiger partial charge on any atom is 0.295 e. The van der Waals surface area contributed by atoms with E-state index in [1.807, 2.05) is 0 Å². The molecular formula is C8H7Cl2N3O2. The number of halogens is 2. The minimum Gasteiger partial charge on any atom is -0.605 e. The Kier molecular flexibility index (Phi) is 2.57. The average Bonchev–Trinajstić information content (AvgIpc) is 2.46. The number of hydrogen-bond donors (Lipinski definition) is 2. The Morgan fingerprint density at radius 1 is 1.40 bits per heavy atom. The summed E-state index contributed by atoms with van der Waals surface area (Å²) in [5.41, 5.74) is 4.79. The lowest BCUT2D eigenvalue weighted by Crippen LogP contribution is -2.52. The molecule has 1 aliphatic rings. The molecular weight excluding hydrogens is 241 g/mol. The maximum atomic E-state index is 12.1. The average molecular weight is 248 g/mol. The van der Waals surface area contributed by atoms with Crippen LogP contribution >= 0.6 is 23.2 Å². The van der Waals surface area contributed by atoms with E-state index in [9.17, 15) is 10.0 Å². The molecule has 15 heavy (non-hydrogen) atoms. The molecule has 1 amide bonds. The van der Waals surface area contributed by atoms with Crippen LogP contribution in [0, 0.1) is 5.21 Å². The van der Waals surface area contributed by atoms with Gasteiger partial charge in [0.25, 0.3) is 5.91 Å². The van der Waals surface area contributed by atoms with Crippen molar-refractivity contribution in [3.63, 3.8) is 0 Å². The quantitative estimate of drug-likeness (QED) is 0.582. The highest BCUT2D eigenvalue weighted by Gasteiger charge is 2.33. The zero-order chi connectivity index (χ0) is 11.1. The molecule has 0 aromatic heterocycles.